The third-order valence-corrected chi connectivity index (χ3v) is 4.64. The lowest BCUT2D eigenvalue weighted by molar-refractivity contribution is 0.0953. The molecule has 0 aliphatic heterocycles. The third kappa shape index (κ3) is 4.23. The van der Waals surface area contributed by atoms with Crippen molar-refractivity contribution in [1.29, 1.82) is 0 Å². The van der Waals surface area contributed by atoms with Gasteiger partial charge in [0.25, 0.3) is 11.5 Å². The standard InChI is InChI=1S/C18H14ClN3O2S/c19-16-8-2-1-5-13(16)12-22-9-3-7-15(18(22)24)17(23)21-20-11-14-6-4-10-25-14/h1-11H,12H2,(H,21,23)/b20-11-. The number of thiophene rings is 1. The van der Waals surface area contributed by atoms with Crippen LogP contribution < -0.4 is 11.0 Å². The summed E-state index contributed by atoms with van der Waals surface area (Å²) in [5.41, 5.74) is 2.81. The number of hydrazone groups is 1. The number of hydrogen-bond donors (Lipinski definition) is 1. The van der Waals surface area contributed by atoms with Crippen molar-refractivity contribution in [1.82, 2.24) is 9.99 Å². The summed E-state index contributed by atoms with van der Waals surface area (Å²) in [6, 6.07) is 14.2. The highest BCUT2D eigenvalue weighted by molar-refractivity contribution is 7.11. The van der Waals surface area contributed by atoms with Crippen LogP contribution in [0.3, 0.4) is 0 Å². The second-order valence-electron chi connectivity index (χ2n) is 5.16. The van der Waals surface area contributed by atoms with E-state index in [2.05, 4.69) is 10.5 Å². The molecule has 3 rings (SSSR count). The quantitative estimate of drug-likeness (QED) is 0.552. The lowest BCUT2D eigenvalue weighted by Gasteiger charge is -2.09. The van der Waals surface area contributed by atoms with Crippen LogP contribution in [0.2, 0.25) is 5.02 Å². The summed E-state index contributed by atoms with van der Waals surface area (Å²) in [7, 11) is 0. The fourth-order valence-corrected chi connectivity index (χ4v) is 3.00. The van der Waals surface area contributed by atoms with Crippen molar-refractivity contribution in [2.45, 2.75) is 6.54 Å². The predicted molar refractivity (Wildman–Crippen MR) is 101 cm³/mol. The second kappa shape index (κ2) is 7.92. The Kier molecular flexibility index (Phi) is 5.42. The fourth-order valence-electron chi connectivity index (χ4n) is 2.22. The first-order valence-electron chi connectivity index (χ1n) is 7.45. The van der Waals surface area contributed by atoms with Gasteiger partial charge in [0.2, 0.25) is 0 Å². The van der Waals surface area contributed by atoms with Gasteiger partial charge in [-0.25, -0.2) is 5.43 Å². The highest BCUT2D eigenvalue weighted by Gasteiger charge is 2.12. The van der Waals surface area contributed by atoms with Crippen molar-refractivity contribution >= 4 is 35.1 Å². The average Bonchev–Trinajstić information content (AvgIpc) is 3.12. The first-order chi connectivity index (χ1) is 12.1. The number of hydrogen-bond acceptors (Lipinski definition) is 4. The van der Waals surface area contributed by atoms with Gasteiger partial charge in [-0.05, 0) is 35.2 Å². The zero-order valence-electron chi connectivity index (χ0n) is 13.1. The molecule has 0 atom stereocenters. The van der Waals surface area contributed by atoms with Gasteiger partial charge in [0, 0.05) is 16.1 Å². The molecule has 0 aliphatic carbocycles. The van der Waals surface area contributed by atoms with Gasteiger partial charge in [-0.3, -0.25) is 9.59 Å². The van der Waals surface area contributed by atoms with Crippen LogP contribution in [0.5, 0.6) is 0 Å². The summed E-state index contributed by atoms with van der Waals surface area (Å²) in [4.78, 5) is 25.6. The minimum Gasteiger partial charge on any atom is -0.310 e. The van der Waals surface area contributed by atoms with E-state index < -0.39 is 11.5 Å². The number of carbonyl (C=O) groups excluding carboxylic acids is 1. The van der Waals surface area contributed by atoms with E-state index in [1.165, 1.54) is 28.2 Å². The number of benzene rings is 1. The second-order valence-corrected chi connectivity index (χ2v) is 6.55. The maximum absolute atomic E-state index is 12.5. The van der Waals surface area contributed by atoms with Crippen molar-refractivity contribution in [2.24, 2.45) is 5.10 Å². The Hall–Kier alpha value is -2.70. The number of halogens is 1. The molecule has 126 valence electrons. The monoisotopic (exact) mass is 371 g/mol. The van der Waals surface area contributed by atoms with Crippen LogP contribution in [0.1, 0.15) is 20.8 Å². The van der Waals surface area contributed by atoms with Gasteiger partial charge >= 0.3 is 0 Å². The lowest BCUT2D eigenvalue weighted by atomic mass is 10.2. The molecule has 2 aromatic heterocycles. The van der Waals surface area contributed by atoms with E-state index >= 15 is 0 Å². The molecule has 0 aliphatic rings. The van der Waals surface area contributed by atoms with Gasteiger partial charge in [-0.1, -0.05) is 35.9 Å². The number of nitrogens with zero attached hydrogens (tertiary/aromatic N) is 2. The molecule has 2 heterocycles. The zero-order chi connectivity index (χ0) is 17.6. The SMILES string of the molecule is O=C(N/N=C\c1cccs1)c1cccn(Cc2ccccc2Cl)c1=O. The summed E-state index contributed by atoms with van der Waals surface area (Å²) in [6.07, 6.45) is 3.16. The van der Waals surface area contributed by atoms with Gasteiger partial charge in [0.05, 0.1) is 12.8 Å². The third-order valence-electron chi connectivity index (χ3n) is 3.46. The molecule has 1 aromatic carbocycles. The van der Waals surface area contributed by atoms with Gasteiger partial charge in [-0.2, -0.15) is 5.10 Å². The Bertz CT molecular complexity index is 964. The van der Waals surface area contributed by atoms with Crippen molar-refractivity contribution in [3.05, 3.63) is 91.5 Å². The molecule has 0 unspecified atom stereocenters. The maximum Gasteiger partial charge on any atom is 0.276 e. The van der Waals surface area contributed by atoms with Crippen LogP contribution in [-0.2, 0) is 6.54 Å². The molecule has 1 amide bonds. The number of pyridine rings is 1. The average molecular weight is 372 g/mol. The number of nitrogens with one attached hydrogen (secondary N) is 1. The Labute approximate surface area is 153 Å². The van der Waals surface area contributed by atoms with Crippen LogP contribution in [0, 0.1) is 0 Å². The lowest BCUT2D eigenvalue weighted by Crippen LogP contribution is -2.30. The molecule has 7 heteroatoms. The number of rotatable bonds is 5. The van der Waals surface area contributed by atoms with Gasteiger partial charge in [0.1, 0.15) is 5.56 Å². The number of carbonyl (C=O) groups is 1. The van der Waals surface area contributed by atoms with E-state index in [-0.39, 0.29) is 12.1 Å². The summed E-state index contributed by atoms with van der Waals surface area (Å²) in [5, 5.41) is 6.36. The Morgan fingerprint density at radius 2 is 2.04 bits per heavy atom. The normalized spacial score (nSPS) is 10.9. The first-order valence-corrected chi connectivity index (χ1v) is 8.70. The van der Waals surface area contributed by atoms with E-state index in [0.29, 0.717) is 5.02 Å². The molecule has 0 saturated carbocycles. The predicted octanol–water partition coefficient (Wildman–Crippen LogP) is 3.38. The summed E-state index contributed by atoms with van der Waals surface area (Å²) in [6.45, 7) is 0.290. The van der Waals surface area contributed by atoms with E-state index in [4.69, 9.17) is 11.6 Å². The Morgan fingerprint density at radius 1 is 1.20 bits per heavy atom. The highest BCUT2D eigenvalue weighted by Crippen LogP contribution is 2.15. The topological polar surface area (TPSA) is 63.5 Å². The minimum atomic E-state index is -0.550. The van der Waals surface area contributed by atoms with Crippen molar-refractivity contribution in [3.8, 4) is 0 Å². The Balaban J connectivity index is 1.77. The van der Waals surface area contributed by atoms with Crippen LogP contribution in [-0.4, -0.2) is 16.7 Å². The highest BCUT2D eigenvalue weighted by atomic mass is 35.5. The van der Waals surface area contributed by atoms with Gasteiger partial charge in [-0.15, -0.1) is 11.3 Å². The van der Waals surface area contributed by atoms with Crippen LogP contribution >= 0.6 is 22.9 Å². The summed E-state index contributed by atoms with van der Waals surface area (Å²) >= 11 is 7.63. The van der Waals surface area contributed by atoms with E-state index in [9.17, 15) is 9.59 Å². The van der Waals surface area contributed by atoms with E-state index in [1.807, 2.05) is 35.7 Å². The molecule has 0 fully saturated rings. The molecule has 0 spiro atoms. The molecular formula is C18H14ClN3O2S. The van der Waals surface area contributed by atoms with Crippen LogP contribution in [0.4, 0.5) is 0 Å². The molecule has 0 saturated heterocycles. The molecule has 0 bridgehead atoms. The smallest absolute Gasteiger partial charge is 0.276 e. The number of aromatic nitrogens is 1. The van der Waals surface area contributed by atoms with Crippen molar-refractivity contribution in [3.63, 3.8) is 0 Å². The molecule has 0 radical (unpaired) electrons. The molecule has 1 N–H and O–H groups in total. The number of amides is 1. The first kappa shape index (κ1) is 17.1. The summed E-state index contributed by atoms with van der Waals surface area (Å²) < 4.78 is 1.44. The van der Waals surface area contributed by atoms with Crippen molar-refractivity contribution < 1.29 is 4.79 Å². The largest absolute Gasteiger partial charge is 0.310 e. The van der Waals surface area contributed by atoms with E-state index in [1.54, 1.807) is 18.3 Å². The molecule has 5 nitrogen and oxygen atoms in total. The van der Waals surface area contributed by atoms with Crippen LogP contribution in [0.15, 0.2) is 70.0 Å². The van der Waals surface area contributed by atoms with Gasteiger partial charge in [0.15, 0.2) is 0 Å². The minimum absolute atomic E-state index is 0.0258. The molecule has 3 aromatic rings. The van der Waals surface area contributed by atoms with E-state index in [0.717, 1.165) is 10.4 Å². The molecule has 25 heavy (non-hydrogen) atoms. The fraction of sp³-hybridized carbons (Fsp3) is 0.0556. The van der Waals surface area contributed by atoms with Crippen molar-refractivity contribution in [2.75, 3.05) is 0 Å². The maximum atomic E-state index is 12.5. The molecular weight excluding hydrogens is 358 g/mol. The Morgan fingerprint density at radius 3 is 2.80 bits per heavy atom. The zero-order valence-corrected chi connectivity index (χ0v) is 14.6. The van der Waals surface area contributed by atoms with Gasteiger partial charge < -0.3 is 4.57 Å². The van der Waals surface area contributed by atoms with Crippen LogP contribution in [0.25, 0.3) is 0 Å². The summed E-state index contributed by atoms with van der Waals surface area (Å²) in [5.74, 6) is -0.550.